The smallest absolute Gasteiger partial charge is 0.296 e. The molecule has 0 unspecified atom stereocenters. The molecule has 0 saturated carbocycles. The first-order chi connectivity index (χ1) is 15.5. The van der Waals surface area contributed by atoms with E-state index in [0.717, 1.165) is 16.7 Å². The van der Waals surface area contributed by atoms with Crippen LogP contribution in [0.15, 0.2) is 70.2 Å². The molecule has 3 N–H and O–H groups in total. The molecule has 162 valence electrons. The summed E-state index contributed by atoms with van der Waals surface area (Å²) in [5.41, 5.74) is 4.16. The number of rotatable bonds is 5. The van der Waals surface area contributed by atoms with Crippen molar-refractivity contribution in [2.75, 3.05) is 5.32 Å². The third-order valence-corrected chi connectivity index (χ3v) is 4.73. The Balaban J connectivity index is 1.55. The Labute approximate surface area is 183 Å². The van der Waals surface area contributed by atoms with Crippen molar-refractivity contribution in [2.45, 2.75) is 20.4 Å². The molecule has 0 aliphatic heterocycles. The monoisotopic (exact) mass is 432 g/mol. The van der Waals surface area contributed by atoms with Crippen LogP contribution in [0.1, 0.15) is 27.4 Å². The van der Waals surface area contributed by atoms with E-state index in [0.29, 0.717) is 23.8 Å². The number of aryl methyl sites for hydroxylation is 2. The molecule has 2 heterocycles. The maximum Gasteiger partial charge on any atom is 0.296 e. The first-order valence-corrected chi connectivity index (χ1v) is 9.90. The first kappa shape index (κ1) is 21.0. The molecule has 1 amide bonds. The zero-order valence-corrected chi connectivity index (χ0v) is 17.5. The molecule has 0 atom stereocenters. The first-order valence-electron chi connectivity index (χ1n) is 9.90. The van der Waals surface area contributed by atoms with Gasteiger partial charge in [0.2, 0.25) is 11.7 Å². The van der Waals surface area contributed by atoms with Gasteiger partial charge in [0.15, 0.2) is 5.82 Å². The quantitative estimate of drug-likeness (QED) is 0.323. The summed E-state index contributed by atoms with van der Waals surface area (Å²) in [7, 11) is 0. The van der Waals surface area contributed by atoms with Gasteiger partial charge in [-0.2, -0.15) is 5.10 Å². The number of amides is 1. The van der Waals surface area contributed by atoms with E-state index >= 15 is 0 Å². The molecule has 0 bridgehead atoms. The largest absolute Gasteiger partial charge is 0.351 e. The molecule has 0 aliphatic carbocycles. The molecular weight excluding hydrogens is 411 g/mol. The van der Waals surface area contributed by atoms with Crippen molar-refractivity contribution in [2.24, 2.45) is 4.99 Å². The molecule has 0 fully saturated rings. The number of H-pyrrole nitrogens is 1. The van der Waals surface area contributed by atoms with E-state index in [1.165, 1.54) is 18.2 Å². The number of benzene rings is 2. The Bertz CT molecular complexity index is 1260. The lowest BCUT2D eigenvalue weighted by Gasteiger charge is -2.09. The summed E-state index contributed by atoms with van der Waals surface area (Å²) >= 11 is 0. The van der Waals surface area contributed by atoms with Gasteiger partial charge in [-0.15, -0.1) is 0 Å². The average Bonchev–Trinajstić information content (AvgIpc) is 3.43. The summed E-state index contributed by atoms with van der Waals surface area (Å²) in [6.07, 6.45) is 0. The Kier molecular flexibility index (Phi) is 6.07. The van der Waals surface area contributed by atoms with E-state index in [1.807, 2.05) is 31.2 Å². The number of halogens is 1. The predicted molar refractivity (Wildman–Crippen MR) is 119 cm³/mol. The fourth-order valence-electron chi connectivity index (χ4n) is 2.99. The highest BCUT2D eigenvalue weighted by Gasteiger charge is 2.15. The van der Waals surface area contributed by atoms with Gasteiger partial charge in [0, 0.05) is 12.1 Å². The van der Waals surface area contributed by atoms with Crippen molar-refractivity contribution in [3.63, 3.8) is 0 Å². The Hall–Kier alpha value is -4.27. The van der Waals surface area contributed by atoms with Gasteiger partial charge in [0.05, 0.1) is 17.9 Å². The molecule has 4 aromatic rings. The average molecular weight is 432 g/mol. The van der Waals surface area contributed by atoms with Crippen LogP contribution >= 0.6 is 0 Å². The molecule has 32 heavy (non-hydrogen) atoms. The molecule has 0 spiro atoms. The summed E-state index contributed by atoms with van der Waals surface area (Å²) in [6.45, 7) is 4.07. The van der Waals surface area contributed by atoms with Crippen LogP contribution in [0.2, 0.25) is 0 Å². The van der Waals surface area contributed by atoms with Gasteiger partial charge >= 0.3 is 0 Å². The van der Waals surface area contributed by atoms with Gasteiger partial charge in [-0.25, -0.2) is 9.38 Å². The van der Waals surface area contributed by atoms with Crippen molar-refractivity contribution in [3.05, 3.63) is 89.1 Å². The summed E-state index contributed by atoms with van der Waals surface area (Å²) < 4.78 is 18.2. The Morgan fingerprint density at radius 3 is 2.62 bits per heavy atom. The number of carbonyl (C=O) groups excluding carboxylic acids is 1. The van der Waals surface area contributed by atoms with E-state index in [1.54, 1.807) is 25.1 Å². The summed E-state index contributed by atoms with van der Waals surface area (Å²) in [4.78, 5) is 17.1. The van der Waals surface area contributed by atoms with Crippen molar-refractivity contribution in [1.29, 1.82) is 0 Å². The van der Waals surface area contributed by atoms with E-state index in [-0.39, 0.29) is 17.5 Å². The number of aromatic amines is 1. The SMILES string of the molecule is Cc1cc(C(=O)NC(=NCc2ccccc2C)Nc2cc(-c3ccc(F)cc3)[nH]n2)on1. The number of carbonyl (C=O) groups is 1. The lowest BCUT2D eigenvalue weighted by atomic mass is 10.1. The van der Waals surface area contributed by atoms with Crippen LogP contribution in [0.3, 0.4) is 0 Å². The van der Waals surface area contributed by atoms with Crippen LogP contribution in [0, 0.1) is 19.7 Å². The number of aliphatic imine (C=N–C) groups is 1. The number of aromatic nitrogens is 3. The minimum atomic E-state index is -0.490. The fraction of sp³-hybridized carbons (Fsp3) is 0.130. The normalized spacial score (nSPS) is 11.4. The molecule has 9 heteroatoms. The molecule has 0 radical (unpaired) electrons. The number of hydrogen-bond acceptors (Lipinski definition) is 5. The van der Waals surface area contributed by atoms with Gasteiger partial charge in [-0.3, -0.25) is 15.2 Å². The summed E-state index contributed by atoms with van der Waals surface area (Å²) in [5, 5.41) is 16.6. The topological polar surface area (TPSA) is 108 Å². The number of nitrogens with zero attached hydrogens (tertiary/aromatic N) is 3. The fourth-order valence-corrected chi connectivity index (χ4v) is 2.99. The number of nitrogens with one attached hydrogen (secondary N) is 3. The maximum atomic E-state index is 13.2. The van der Waals surface area contributed by atoms with Gasteiger partial charge < -0.3 is 9.84 Å². The van der Waals surface area contributed by atoms with Crippen LogP contribution in [0.25, 0.3) is 11.3 Å². The van der Waals surface area contributed by atoms with E-state index in [4.69, 9.17) is 4.52 Å². The third kappa shape index (κ3) is 5.07. The van der Waals surface area contributed by atoms with Crippen LogP contribution in [0.5, 0.6) is 0 Å². The minimum absolute atomic E-state index is 0.0712. The molecule has 2 aromatic heterocycles. The summed E-state index contributed by atoms with van der Waals surface area (Å²) in [5.74, 6) is -0.105. The third-order valence-electron chi connectivity index (χ3n) is 4.73. The summed E-state index contributed by atoms with van der Waals surface area (Å²) in [6, 6.07) is 17.2. The van der Waals surface area contributed by atoms with Crippen molar-refractivity contribution >= 4 is 17.7 Å². The number of hydrogen-bond donors (Lipinski definition) is 3. The van der Waals surface area contributed by atoms with Crippen LogP contribution < -0.4 is 10.6 Å². The van der Waals surface area contributed by atoms with E-state index in [9.17, 15) is 9.18 Å². The highest BCUT2D eigenvalue weighted by molar-refractivity contribution is 6.08. The lowest BCUT2D eigenvalue weighted by Crippen LogP contribution is -2.36. The highest BCUT2D eigenvalue weighted by Crippen LogP contribution is 2.20. The molecule has 0 aliphatic rings. The van der Waals surface area contributed by atoms with Gasteiger partial charge in [-0.05, 0) is 54.8 Å². The molecule has 4 rings (SSSR count). The second kappa shape index (κ2) is 9.25. The van der Waals surface area contributed by atoms with Crippen LogP contribution in [-0.2, 0) is 6.54 Å². The predicted octanol–water partition coefficient (Wildman–Crippen LogP) is 4.22. The maximum absolute atomic E-state index is 13.2. The van der Waals surface area contributed by atoms with Crippen molar-refractivity contribution < 1.29 is 13.7 Å². The van der Waals surface area contributed by atoms with E-state index < -0.39 is 5.91 Å². The highest BCUT2D eigenvalue weighted by atomic mass is 19.1. The van der Waals surface area contributed by atoms with Gasteiger partial charge in [0.25, 0.3) is 5.91 Å². The van der Waals surface area contributed by atoms with Crippen molar-refractivity contribution in [1.82, 2.24) is 20.7 Å². The molecule has 0 saturated heterocycles. The molecule has 2 aromatic carbocycles. The second-order valence-corrected chi connectivity index (χ2v) is 7.18. The Morgan fingerprint density at radius 1 is 1.12 bits per heavy atom. The Morgan fingerprint density at radius 2 is 1.91 bits per heavy atom. The van der Waals surface area contributed by atoms with Crippen LogP contribution in [0.4, 0.5) is 10.2 Å². The molecule has 8 nitrogen and oxygen atoms in total. The lowest BCUT2D eigenvalue weighted by molar-refractivity contribution is 0.0940. The zero-order chi connectivity index (χ0) is 22.5. The minimum Gasteiger partial charge on any atom is -0.351 e. The zero-order valence-electron chi connectivity index (χ0n) is 17.5. The second-order valence-electron chi connectivity index (χ2n) is 7.18. The van der Waals surface area contributed by atoms with Gasteiger partial charge in [-0.1, -0.05) is 29.4 Å². The number of anilines is 1. The van der Waals surface area contributed by atoms with Crippen LogP contribution in [-0.4, -0.2) is 27.2 Å². The van der Waals surface area contributed by atoms with Crippen molar-refractivity contribution in [3.8, 4) is 11.3 Å². The van der Waals surface area contributed by atoms with E-state index in [2.05, 4.69) is 31.0 Å². The number of guanidine groups is 1. The van der Waals surface area contributed by atoms with Gasteiger partial charge in [0.1, 0.15) is 5.82 Å². The molecular formula is C23H21FN6O2. The standard InChI is InChI=1S/C23H21FN6O2/c1-14-5-3-4-6-17(14)13-25-23(27-22(31)20-11-15(2)30-32-20)26-21-12-19(28-29-21)16-7-9-18(24)10-8-16/h3-12H,13H2,1-2H3,(H3,25,26,27,28,29,31).